The monoisotopic (exact) mass is 283 g/mol. The van der Waals surface area contributed by atoms with Crippen molar-refractivity contribution >= 4 is 23.3 Å². The number of hydrogen-bond acceptors (Lipinski definition) is 5. The van der Waals surface area contributed by atoms with Gasteiger partial charge in [0.2, 0.25) is 5.91 Å². The van der Waals surface area contributed by atoms with Crippen LogP contribution in [0.15, 0.2) is 11.6 Å². The normalized spacial score (nSPS) is 15.7. The van der Waals surface area contributed by atoms with Crippen molar-refractivity contribution in [3.8, 4) is 0 Å². The molecule has 1 aliphatic carbocycles. The third-order valence-corrected chi connectivity index (χ3v) is 3.71. The molecule has 1 aromatic heterocycles. The van der Waals surface area contributed by atoms with Crippen LogP contribution in [0.25, 0.3) is 0 Å². The Kier molecular flexibility index (Phi) is 4.36. The fraction of sp³-hybridized carbons (Fsp3) is 0.583. The van der Waals surface area contributed by atoms with Crippen LogP contribution in [0.2, 0.25) is 0 Å². The topological polar surface area (TPSA) is 71.5 Å². The number of carbonyl (C=O) groups excluding carboxylic acids is 2. The summed E-state index contributed by atoms with van der Waals surface area (Å²) in [5, 5.41) is 5.30. The number of aromatic nitrogens is 1. The summed E-state index contributed by atoms with van der Waals surface area (Å²) in [4.78, 5) is 29.5. The number of carbonyl (C=O) groups is 2. The second-order valence-electron chi connectivity index (χ2n) is 4.48. The summed E-state index contributed by atoms with van der Waals surface area (Å²) in [5.74, 6) is -0.0944. The molecule has 0 radical (unpaired) electrons. The number of rotatable bonds is 5. The van der Waals surface area contributed by atoms with Gasteiger partial charge in [-0.2, -0.15) is 0 Å². The summed E-state index contributed by atoms with van der Waals surface area (Å²) < 4.78 is 4.50. The fourth-order valence-electron chi connectivity index (χ4n) is 1.80. The number of nitrogens with one attached hydrogen (secondary N) is 1. The van der Waals surface area contributed by atoms with Gasteiger partial charge in [-0.15, -0.1) is 11.3 Å². The van der Waals surface area contributed by atoms with Crippen LogP contribution in [-0.2, 0) is 16.1 Å². The van der Waals surface area contributed by atoms with E-state index in [1.807, 2.05) is 5.38 Å². The second kappa shape index (κ2) is 6.01. The van der Waals surface area contributed by atoms with Crippen molar-refractivity contribution < 1.29 is 14.3 Å². The van der Waals surface area contributed by atoms with E-state index in [4.69, 9.17) is 0 Å². The highest BCUT2D eigenvalue weighted by Gasteiger charge is 2.35. The lowest BCUT2D eigenvalue weighted by Crippen LogP contribution is -2.47. The Balaban J connectivity index is 1.98. The van der Waals surface area contributed by atoms with E-state index < -0.39 is 12.1 Å². The van der Waals surface area contributed by atoms with Crippen LogP contribution in [0, 0.1) is 0 Å². The Morgan fingerprint density at radius 3 is 2.89 bits per heavy atom. The number of hydrogen-bond donors (Lipinski definition) is 1. The van der Waals surface area contributed by atoms with Crippen molar-refractivity contribution in [1.29, 1.82) is 0 Å². The molecule has 7 heteroatoms. The Labute approximate surface area is 115 Å². The number of nitrogens with zero attached hydrogens (tertiary/aromatic N) is 2. The summed E-state index contributed by atoms with van der Waals surface area (Å²) in [6.07, 6.45) is 3.17. The van der Waals surface area contributed by atoms with Crippen LogP contribution < -0.4 is 5.32 Å². The van der Waals surface area contributed by atoms with Crippen molar-refractivity contribution in [2.75, 3.05) is 7.11 Å². The van der Waals surface area contributed by atoms with E-state index in [2.05, 4.69) is 15.0 Å². The minimum absolute atomic E-state index is 0.0944. The van der Waals surface area contributed by atoms with Crippen LogP contribution in [0.1, 0.15) is 24.8 Å². The molecule has 0 bridgehead atoms. The maximum absolute atomic E-state index is 12.3. The largest absolute Gasteiger partial charge is 0.453 e. The lowest BCUT2D eigenvalue weighted by atomic mass is 10.2. The van der Waals surface area contributed by atoms with Gasteiger partial charge in [0.25, 0.3) is 0 Å². The standard InChI is InChI=1S/C12H17N3O3S/c1-8(14-12(17)18-2)11(16)15(9-3-4-9)7-10-13-5-6-19-10/h5-6,8-9H,3-4,7H2,1-2H3,(H,14,17)/t8-/m1/s1. The molecule has 104 valence electrons. The fourth-order valence-corrected chi connectivity index (χ4v) is 2.41. The molecule has 1 N–H and O–H groups in total. The number of methoxy groups -OCH3 is 1. The molecule has 1 heterocycles. The van der Waals surface area contributed by atoms with Crippen molar-refractivity contribution in [2.45, 2.75) is 38.4 Å². The summed E-state index contributed by atoms with van der Waals surface area (Å²) >= 11 is 1.53. The van der Waals surface area contributed by atoms with Crippen molar-refractivity contribution in [2.24, 2.45) is 0 Å². The van der Waals surface area contributed by atoms with Gasteiger partial charge >= 0.3 is 6.09 Å². The zero-order valence-corrected chi connectivity index (χ0v) is 11.8. The predicted octanol–water partition coefficient (Wildman–Crippen LogP) is 1.38. The summed E-state index contributed by atoms with van der Waals surface area (Å²) in [7, 11) is 1.28. The van der Waals surface area contributed by atoms with Gasteiger partial charge in [0.15, 0.2) is 0 Å². The molecule has 6 nitrogen and oxygen atoms in total. The molecule has 1 saturated carbocycles. The summed E-state index contributed by atoms with van der Waals surface area (Å²) in [6.45, 7) is 2.17. The van der Waals surface area contributed by atoms with Gasteiger partial charge in [-0.1, -0.05) is 0 Å². The van der Waals surface area contributed by atoms with E-state index in [9.17, 15) is 9.59 Å². The van der Waals surface area contributed by atoms with Gasteiger partial charge in [-0.05, 0) is 19.8 Å². The van der Waals surface area contributed by atoms with Crippen LogP contribution in [0.4, 0.5) is 4.79 Å². The molecule has 19 heavy (non-hydrogen) atoms. The van der Waals surface area contributed by atoms with Crippen LogP contribution in [-0.4, -0.2) is 41.1 Å². The van der Waals surface area contributed by atoms with E-state index in [0.717, 1.165) is 17.8 Å². The molecule has 0 aromatic carbocycles. The molecular weight excluding hydrogens is 266 g/mol. The average Bonchev–Trinajstić information content (AvgIpc) is 3.12. The number of thiazole rings is 1. The zero-order valence-electron chi connectivity index (χ0n) is 11.0. The zero-order chi connectivity index (χ0) is 13.8. The van der Waals surface area contributed by atoms with Gasteiger partial charge in [0, 0.05) is 17.6 Å². The summed E-state index contributed by atoms with van der Waals surface area (Å²) in [6, 6.07) is -0.314. The minimum atomic E-state index is -0.592. The van der Waals surface area contributed by atoms with Crippen LogP contribution >= 0.6 is 11.3 Å². The number of ether oxygens (including phenoxy) is 1. The molecule has 2 rings (SSSR count). The molecular formula is C12H17N3O3S. The minimum Gasteiger partial charge on any atom is -0.453 e. The molecule has 0 aliphatic heterocycles. The SMILES string of the molecule is COC(=O)N[C@H](C)C(=O)N(Cc1nccs1)C1CC1. The number of alkyl carbamates (subject to hydrolysis) is 1. The lowest BCUT2D eigenvalue weighted by molar-refractivity contribution is -0.134. The highest BCUT2D eigenvalue weighted by molar-refractivity contribution is 7.09. The lowest BCUT2D eigenvalue weighted by Gasteiger charge is -2.25. The number of amides is 2. The van der Waals surface area contributed by atoms with E-state index in [1.165, 1.54) is 18.4 Å². The van der Waals surface area contributed by atoms with E-state index in [0.29, 0.717) is 6.54 Å². The third kappa shape index (κ3) is 3.66. The van der Waals surface area contributed by atoms with E-state index in [-0.39, 0.29) is 11.9 Å². The van der Waals surface area contributed by atoms with Gasteiger partial charge < -0.3 is 15.0 Å². The quantitative estimate of drug-likeness (QED) is 0.886. The average molecular weight is 283 g/mol. The van der Waals surface area contributed by atoms with E-state index in [1.54, 1.807) is 18.0 Å². The molecule has 1 atom stereocenters. The third-order valence-electron chi connectivity index (χ3n) is 2.95. The maximum atomic E-state index is 12.3. The maximum Gasteiger partial charge on any atom is 0.407 e. The first-order valence-electron chi connectivity index (χ1n) is 6.15. The molecule has 0 saturated heterocycles. The second-order valence-corrected chi connectivity index (χ2v) is 5.46. The smallest absolute Gasteiger partial charge is 0.407 e. The molecule has 0 unspecified atom stereocenters. The summed E-state index contributed by atoms with van der Waals surface area (Å²) in [5.41, 5.74) is 0. The van der Waals surface area contributed by atoms with Gasteiger partial charge in [-0.3, -0.25) is 4.79 Å². The van der Waals surface area contributed by atoms with Crippen LogP contribution in [0.5, 0.6) is 0 Å². The van der Waals surface area contributed by atoms with Crippen molar-refractivity contribution in [3.05, 3.63) is 16.6 Å². The molecule has 1 aromatic rings. The van der Waals surface area contributed by atoms with Gasteiger partial charge in [-0.25, -0.2) is 9.78 Å². The molecule has 1 fully saturated rings. The first-order valence-corrected chi connectivity index (χ1v) is 7.03. The highest BCUT2D eigenvalue weighted by Crippen LogP contribution is 2.29. The molecule has 0 spiro atoms. The van der Waals surface area contributed by atoms with Crippen LogP contribution in [0.3, 0.4) is 0 Å². The Morgan fingerprint density at radius 2 is 2.37 bits per heavy atom. The van der Waals surface area contributed by atoms with Crippen molar-refractivity contribution in [3.63, 3.8) is 0 Å². The Hall–Kier alpha value is -1.63. The molecule has 2 amide bonds. The highest BCUT2D eigenvalue weighted by atomic mass is 32.1. The predicted molar refractivity (Wildman–Crippen MR) is 70.7 cm³/mol. The first-order chi connectivity index (χ1) is 9.11. The first kappa shape index (κ1) is 13.8. The van der Waals surface area contributed by atoms with Gasteiger partial charge in [0.05, 0.1) is 13.7 Å². The Bertz CT molecular complexity index is 445. The molecule has 1 aliphatic rings. The van der Waals surface area contributed by atoms with Gasteiger partial charge in [0.1, 0.15) is 11.0 Å². The van der Waals surface area contributed by atoms with Crippen molar-refractivity contribution in [1.82, 2.24) is 15.2 Å². The Morgan fingerprint density at radius 1 is 1.63 bits per heavy atom. The van der Waals surface area contributed by atoms with E-state index >= 15 is 0 Å².